The molecule has 2 aromatic rings. The van der Waals surface area contributed by atoms with Crippen molar-refractivity contribution in [3.05, 3.63) is 64.7 Å². The maximum absolute atomic E-state index is 13.2. The van der Waals surface area contributed by atoms with Crippen LogP contribution in [-0.4, -0.2) is 67.7 Å². The molecule has 0 saturated carbocycles. The lowest BCUT2D eigenvalue weighted by Crippen LogP contribution is -2.53. The first-order valence-electron chi connectivity index (χ1n) is 10.7. The number of amides is 1. The number of nitro benzene ring substituents is 1. The third-order valence-corrected chi connectivity index (χ3v) is 8.04. The number of sulfonamides is 1. The molecule has 0 unspecified atom stereocenters. The molecule has 32 heavy (non-hydrogen) atoms. The van der Waals surface area contributed by atoms with Crippen LogP contribution in [0.4, 0.5) is 11.4 Å². The van der Waals surface area contributed by atoms with Gasteiger partial charge in [-0.05, 0) is 31.0 Å². The molecule has 2 heterocycles. The lowest BCUT2D eigenvalue weighted by atomic mass is 9.97. The summed E-state index contributed by atoms with van der Waals surface area (Å²) >= 11 is 0. The molecule has 4 rings (SSSR count). The van der Waals surface area contributed by atoms with Crippen molar-refractivity contribution < 1.29 is 18.1 Å². The lowest BCUT2D eigenvalue weighted by Gasteiger charge is -2.39. The molecule has 1 atom stereocenters. The molecule has 2 aliphatic heterocycles. The number of para-hydroxylation sites is 2. The molecule has 2 aromatic carbocycles. The van der Waals surface area contributed by atoms with E-state index in [4.69, 9.17) is 0 Å². The second-order valence-corrected chi connectivity index (χ2v) is 9.98. The molecule has 0 aromatic heterocycles. The van der Waals surface area contributed by atoms with Crippen molar-refractivity contribution in [2.75, 3.05) is 44.2 Å². The van der Waals surface area contributed by atoms with Gasteiger partial charge < -0.3 is 9.80 Å². The fourth-order valence-corrected chi connectivity index (χ4v) is 6.09. The Bertz CT molecular complexity index is 1080. The van der Waals surface area contributed by atoms with Gasteiger partial charge in [-0.3, -0.25) is 14.9 Å². The first kappa shape index (κ1) is 22.2. The van der Waals surface area contributed by atoms with E-state index in [0.29, 0.717) is 25.9 Å². The maximum atomic E-state index is 13.2. The van der Waals surface area contributed by atoms with Crippen molar-refractivity contribution in [3.63, 3.8) is 0 Å². The highest BCUT2D eigenvalue weighted by atomic mass is 32.2. The summed E-state index contributed by atoms with van der Waals surface area (Å²) in [5, 5.41) is 11.3. The Balaban J connectivity index is 1.43. The van der Waals surface area contributed by atoms with Crippen molar-refractivity contribution in [1.29, 1.82) is 0 Å². The smallest absolute Gasteiger partial charge is 0.289 e. The number of piperazine rings is 1. The van der Waals surface area contributed by atoms with Gasteiger partial charge in [0.2, 0.25) is 15.9 Å². The van der Waals surface area contributed by atoms with E-state index in [1.54, 1.807) is 0 Å². The Kier molecular flexibility index (Phi) is 6.43. The minimum absolute atomic E-state index is 0.0415. The van der Waals surface area contributed by atoms with Gasteiger partial charge in [0.15, 0.2) is 4.90 Å². The number of carbonyl (C=O) groups is 1. The third-order valence-electron chi connectivity index (χ3n) is 6.13. The molecule has 0 N–H and O–H groups in total. The molecular weight excluding hydrogens is 432 g/mol. The molecule has 1 amide bonds. The SMILES string of the molecule is O=C([C@H]1CCCN(S(=O)(=O)c2ccccc2[N+](=O)[O-])C1)N1CCN(c2ccccc2)CC1. The Labute approximate surface area is 187 Å². The van der Waals surface area contributed by atoms with E-state index in [-0.39, 0.29) is 23.9 Å². The number of hydrogen-bond acceptors (Lipinski definition) is 6. The number of anilines is 1. The zero-order valence-corrected chi connectivity index (χ0v) is 18.5. The molecule has 0 bridgehead atoms. The van der Waals surface area contributed by atoms with Gasteiger partial charge in [-0.15, -0.1) is 0 Å². The monoisotopic (exact) mass is 458 g/mol. The van der Waals surface area contributed by atoms with Gasteiger partial charge in [0.05, 0.1) is 10.8 Å². The molecule has 10 heteroatoms. The van der Waals surface area contributed by atoms with Gasteiger partial charge in [-0.25, -0.2) is 8.42 Å². The minimum atomic E-state index is -4.07. The summed E-state index contributed by atoms with van der Waals surface area (Å²) in [5.41, 5.74) is 0.678. The highest BCUT2D eigenvalue weighted by Crippen LogP contribution is 2.30. The second-order valence-electron chi connectivity index (χ2n) is 8.07. The maximum Gasteiger partial charge on any atom is 0.289 e. The highest BCUT2D eigenvalue weighted by molar-refractivity contribution is 7.89. The summed E-state index contributed by atoms with van der Waals surface area (Å²) in [7, 11) is -4.07. The van der Waals surface area contributed by atoms with Crippen LogP contribution in [0.5, 0.6) is 0 Å². The molecule has 170 valence electrons. The molecule has 0 aliphatic carbocycles. The minimum Gasteiger partial charge on any atom is -0.368 e. The standard InChI is InChI=1S/C22H26N4O5S/c27-22(24-15-13-23(14-16-24)19-8-2-1-3-9-19)18-7-6-12-25(17-18)32(30,31)21-11-5-4-10-20(21)26(28)29/h1-5,8-11,18H,6-7,12-17H2/t18-/m0/s1. The molecule has 0 radical (unpaired) electrons. The molecule has 2 saturated heterocycles. The second kappa shape index (κ2) is 9.25. The van der Waals surface area contributed by atoms with Crippen LogP contribution in [0.3, 0.4) is 0 Å². The van der Waals surface area contributed by atoms with Gasteiger partial charge in [-0.1, -0.05) is 30.3 Å². The number of piperidine rings is 1. The van der Waals surface area contributed by atoms with Gasteiger partial charge in [0.1, 0.15) is 0 Å². The molecule has 9 nitrogen and oxygen atoms in total. The zero-order chi connectivity index (χ0) is 22.7. The van der Waals surface area contributed by atoms with Crippen molar-refractivity contribution in [1.82, 2.24) is 9.21 Å². The van der Waals surface area contributed by atoms with Crippen LogP contribution >= 0.6 is 0 Å². The van der Waals surface area contributed by atoms with Gasteiger partial charge in [-0.2, -0.15) is 4.31 Å². The number of benzene rings is 2. The van der Waals surface area contributed by atoms with Crippen LogP contribution in [-0.2, 0) is 14.8 Å². The van der Waals surface area contributed by atoms with E-state index in [1.165, 1.54) is 28.6 Å². The van der Waals surface area contributed by atoms with Gasteiger partial charge >= 0.3 is 0 Å². The number of hydrogen-bond donors (Lipinski definition) is 0. The van der Waals surface area contributed by atoms with Crippen LogP contribution in [0.2, 0.25) is 0 Å². The Morgan fingerprint density at radius 1 is 0.938 bits per heavy atom. The van der Waals surface area contributed by atoms with Crippen molar-refractivity contribution >= 4 is 27.3 Å². The first-order valence-corrected chi connectivity index (χ1v) is 12.1. The summed E-state index contributed by atoms with van der Waals surface area (Å²) in [5.74, 6) is -0.482. The molecule has 2 fully saturated rings. The fourth-order valence-electron chi connectivity index (χ4n) is 4.41. The Morgan fingerprint density at radius 2 is 1.59 bits per heavy atom. The summed E-state index contributed by atoms with van der Waals surface area (Å²) in [6.07, 6.45) is 1.15. The van der Waals surface area contributed by atoms with E-state index in [1.807, 2.05) is 35.2 Å². The molecular formula is C22H26N4O5S. The summed E-state index contributed by atoms with van der Waals surface area (Å²) in [6.45, 7) is 2.91. The number of carbonyl (C=O) groups excluding carboxylic acids is 1. The van der Waals surface area contributed by atoms with Crippen molar-refractivity contribution in [2.24, 2.45) is 5.92 Å². The predicted molar refractivity (Wildman–Crippen MR) is 120 cm³/mol. The number of rotatable bonds is 5. The van der Waals surface area contributed by atoms with Gasteiger partial charge in [0, 0.05) is 51.0 Å². The normalized spacial score (nSPS) is 20.2. The zero-order valence-electron chi connectivity index (χ0n) is 17.7. The van der Waals surface area contributed by atoms with Crippen LogP contribution in [0, 0.1) is 16.0 Å². The average Bonchev–Trinajstić information content (AvgIpc) is 2.84. The Morgan fingerprint density at radius 3 is 2.28 bits per heavy atom. The van der Waals surface area contributed by atoms with E-state index in [9.17, 15) is 23.3 Å². The van der Waals surface area contributed by atoms with Crippen LogP contribution in [0.25, 0.3) is 0 Å². The van der Waals surface area contributed by atoms with Crippen molar-refractivity contribution in [2.45, 2.75) is 17.7 Å². The quantitative estimate of drug-likeness (QED) is 0.503. The van der Waals surface area contributed by atoms with E-state index in [2.05, 4.69) is 4.90 Å². The van der Waals surface area contributed by atoms with E-state index >= 15 is 0 Å². The number of nitrogens with zero attached hydrogens (tertiary/aromatic N) is 4. The Hall–Kier alpha value is -2.98. The number of nitro groups is 1. The van der Waals surface area contributed by atoms with E-state index < -0.39 is 26.6 Å². The first-order chi connectivity index (χ1) is 15.4. The largest absolute Gasteiger partial charge is 0.368 e. The molecule has 2 aliphatic rings. The van der Waals surface area contributed by atoms with E-state index in [0.717, 1.165) is 18.8 Å². The topological polar surface area (TPSA) is 104 Å². The summed E-state index contributed by atoms with van der Waals surface area (Å²) in [4.78, 5) is 27.5. The van der Waals surface area contributed by atoms with Crippen LogP contribution in [0.15, 0.2) is 59.5 Å². The van der Waals surface area contributed by atoms with Crippen LogP contribution < -0.4 is 4.90 Å². The predicted octanol–water partition coefficient (Wildman–Crippen LogP) is 2.34. The summed E-state index contributed by atoms with van der Waals surface area (Å²) < 4.78 is 27.5. The van der Waals surface area contributed by atoms with Crippen LogP contribution in [0.1, 0.15) is 12.8 Å². The highest BCUT2D eigenvalue weighted by Gasteiger charge is 2.38. The average molecular weight is 459 g/mol. The van der Waals surface area contributed by atoms with Gasteiger partial charge in [0.25, 0.3) is 5.69 Å². The molecule has 0 spiro atoms. The van der Waals surface area contributed by atoms with Crippen molar-refractivity contribution in [3.8, 4) is 0 Å². The third kappa shape index (κ3) is 4.46. The fraction of sp³-hybridized carbons (Fsp3) is 0.409. The summed E-state index contributed by atoms with van der Waals surface area (Å²) in [6, 6.07) is 15.4. The lowest BCUT2D eigenvalue weighted by molar-refractivity contribution is -0.387.